The van der Waals surface area contributed by atoms with E-state index < -0.39 is 0 Å². The van der Waals surface area contributed by atoms with Crippen LogP contribution in [0.15, 0.2) is 12.1 Å². The Morgan fingerprint density at radius 2 is 2.29 bits per heavy atom. The van der Waals surface area contributed by atoms with E-state index in [9.17, 15) is 9.59 Å². The Kier molecular flexibility index (Phi) is 3.81. The maximum absolute atomic E-state index is 11.9. The molecule has 2 N–H and O–H groups in total. The Morgan fingerprint density at radius 1 is 1.53 bits per heavy atom. The summed E-state index contributed by atoms with van der Waals surface area (Å²) < 4.78 is 0.598. The number of hydrogen-bond acceptors (Lipinski definition) is 4. The highest BCUT2D eigenvalue weighted by molar-refractivity contribution is 7.18. The smallest absolute Gasteiger partial charge is 0.234 e. The summed E-state index contributed by atoms with van der Waals surface area (Å²) >= 11 is 7.04. The van der Waals surface area contributed by atoms with E-state index in [-0.39, 0.29) is 24.3 Å². The molecule has 6 heteroatoms. The first-order valence-electron chi connectivity index (χ1n) is 5.40. The zero-order valence-electron chi connectivity index (χ0n) is 9.19. The summed E-state index contributed by atoms with van der Waals surface area (Å²) in [6.45, 7) is 0.989. The second kappa shape index (κ2) is 5.16. The van der Waals surface area contributed by atoms with Gasteiger partial charge in [0.05, 0.1) is 21.8 Å². The fourth-order valence-corrected chi connectivity index (χ4v) is 3.04. The third-order valence-electron chi connectivity index (χ3n) is 2.89. The van der Waals surface area contributed by atoms with Crippen molar-refractivity contribution in [1.29, 1.82) is 0 Å². The summed E-state index contributed by atoms with van der Waals surface area (Å²) in [6.07, 6.45) is 1.65. The first-order valence-corrected chi connectivity index (χ1v) is 6.59. The number of likely N-dealkylation sites (tertiary alicyclic amines) is 1. The molecule has 1 aliphatic heterocycles. The molecule has 1 aliphatic rings. The summed E-state index contributed by atoms with van der Waals surface area (Å²) in [5, 5.41) is 0. The average molecular weight is 273 g/mol. The van der Waals surface area contributed by atoms with Crippen molar-refractivity contribution in [1.82, 2.24) is 4.90 Å². The molecular weight excluding hydrogens is 260 g/mol. The summed E-state index contributed by atoms with van der Waals surface area (Å²) in [5.41, 5.74) is 5.30. The number of rotatable bonds is 4. The fourth-order valence-electron chi connectivity index (χ4n) is 2.06. The van der Waals surface area contributed by atoms with Crippen molar-refractivity contribution in [2.24, 2.45) is 5.73 Å². The van der Waals surface area contributed by atoms with Gasteiger partial charge >= 0.3 is 0 Å². The Hall–Kier alpha value is -0.910. The van der Waals surface area contributed by atoms with Crippen LogP contribution in [0.25, 0.3) is 0 Å². The summed E-state index contributed by atoms with van der Waals surface area (Å²) in [5.74, 6) is -0.352. The topological polar surface area (TPSA) is 63.4 Å². The largest absolute Gasteiger partial charge is 0.368 e. The van der Waals surface area contributed by atoms with E-state index in [0.717, 1.165) is 19.4 Å². The van der Waals surface area contributed by atoms with Gasteiger partial charge in [-0.2, -0.15) is 0 Å². The van der Waals surface area contributed by atoms with Crippen molar-refractivity contribution in [3.8, 4) is 0 Å². The van der Waals surface area contributed by atoms with Crippen LogP contribution in [0.5, 0.6) is 0 Å². The number of carbonyl (C=O) groups excluding carboxylic acids is 2. The molecule has 0 aromatic carbocycles. The molecule has 0 radical (unpaired) electrons. The number of carbonyl (C=O) groups is 2. The molecule has 1 unspecified atom stereocenters. The van der Waals surface area contributed by atoms with Gasteiger partial charge in [-0.05, 0) is 31.5 Å². The lowest BCUT2D eigenvalue weighted by molar-refractivity contribution is -0.122. The monoisotopic (exact) mass is 272 g/mol. The van der Waals surface area contributed by atoms with Gasteiger partial charge in [-0.25, -0.2) is 0 Å². The Balaban J connectivity index is 2.01. The molecule has 0 aliphatic carbocycles. The lowest BCUT2D eigenvalue weighted by Gasteiger charge is -2.20. The van der Waals surface area contributed by atoms with E-state index in [1.807, 2.05) is 4.90 Å². The number of Topliss-reactive ketones (excluding diaryl/α,β-unsaturated/α-hetero) is 1. The van der Waals surface area contributed by atoms with Crippen molar-refractivity contribution >= 4 is 34.6 Å². The molecule has 2 rings (SSSR count). The maximum Gasteiger partial charge on any atom is 0.234 e. The number of thiophene rings is 1. The van der Waals surface area contributed by atoms with Crippen LogP contribution in [0.3, 0.4) is 0 Å². The maximum atomic E-state index is 11.9. The van der Waals surface area contributed by atoms with Crippen LogP contribution in [0.2, 0.25) is 4.34 Å². The first kappa shape index (κ1) is 12.5. The van der Waals surface area contributed by atoms with E-state index in [1.165, 1.54) is 11.3 Å². The zero-order chi connectivity index (χ0) is 12.4. The van der Waals surface area contributed by atoms with Gasteiger partial charge in [-0.15, -0.1) is 11.3 Å². The van der Waals surface area contributed by atoms with Gasteiger partial charge in [-0.1, -0.05) is 11.6 Å². The molecule has 1 aromatic rings. The number of nitrogens with two attached hydrogens (primary N) is 1. The number of amides is 1. The molecule has 1 fully saturated rings. The lowest BCUT2D eigenvalue weighted by Crippen LogP contribution is -2.42. The number of primary amides is 1. The number of halogens is 1. The van der Waals surface area contributed by atoms with Crippen LogP contribution < -0.4 is 5.73 Å². The van der Waals surface area contributed by atoms with Crippen LogP contribution in [0.4, 0.5) is 0 Å². The molecule has 1 amide bonds. The molecule has 1 atom stereocenters. The highest BCUT2D eigenvalue weighted by atomic mass is 35.5. The van der Waals surface area contributed by atoms with Crippen molar-refractivity contribution in [2.45, 2.75) is 18.9 Å². The Bertz CT molecular complexity index is 446. The SMILES string of the molecule is NC(=O)C1CCCN1CC(=O)c1ccc(Cl)s1. The predicted molar refractivity (Wildman–Crippen MR) is 67.4 cm³/mol. The van der Waals surface area contributed by atoms with E-state index in [2.05, 4.69) is 0 Å². The third-order valence-corrected chi connectivity index (χ3v) is 4.16. The predicted octanol–water partition coefficient (Wildman–Crippen LogP) is 1.53. The van der Waals surface area contributed by atoms with Gasteiger partial charge < -0.3 is 5.73 Å². The lowest BCUT2D eigenvalue weighted by atomic mass is 10.2. The van der Waals surface area contributed by atoms with Gasteiger partial charge in [0.25, 0.3) is 0 Å². The van der Waals surface area contributed by atoms with Crippen molar-refractivity contribution in [3.63, 3.8) is 0 Å². The Labute approximate surface area is 108 Å². The van der Waals surface area contributed by atoms with Crippen molar-refractivity contribution in [2.75, 3.05) is 13.1 Å². The van der Waals surface area contributed by atoms with Gasteiger partial charge in [-0.3, -0.25) is 14.5 Å². The van der Waals surface area contributed by atoms with Crippen molar-refractivity contribution in [3.05, 3.63) is 21.3 Å². The highest BCUT2D eigenvalue weighted by Crippen LogP contribution is 2.23. The fraction of sp³-hybridized carbons (Fsp3) is 0.455. The molecule has 2 heterocycles. The second-order valence-electron chi connectivity index (χ2n) is 4.06. The van der Waals surface area contributed by atoms with Crippen LogP contribution >= 0.6 is 22.9 Å². The molecule has 92 valence electrons. The number of hydrogen-bond donors (Lipinski definition) is 1. The molecule has 4 nitrogen and oxygen atoms in total. The molecule has 0 bridgehead atoms. The third kappa shape index (κ3) is 2.86. The Morgan fingerprint density at radius 3 is 2.88 bits per heavy atom. The highest BCUT2D eigenvalue weighted by Gasteiger charge is 2.30. The van der Waals surface area contributed by atoms with E-state index >= 15 is 0 Å². The van der Waals surface area contributed by atoms with Gasteiger partial charge in [0.1, 0.15) is 0 Å². The number of nitrogens with zero attached hydrogens (tertiary/aromatic N) is 1. The molecule has 17 heavy (non-hydrogen) atoms. The summed E-state index contributed by atoms with van der Waals surface area (Å²) in [6, 6.07) is 3.12. The van der Waals surface area contributed by atoms with Crippen LogP contribution in [0.1, 0.15) is 22.5 Å². The van der Waals surface area contributed by atoms with Gasteiger partial charge in [0.15, 0.2) is 5.78 Å². The normalized spacial score (nSPS) is 20.6. The van der Waals surface area contributed by atoms with E-state index in [4.69, 9.17) is 17.3 Å². The van der Waals surface area contributed by atoms with Crippen LogP contribution in [0, 0.1) is 0 Å². The van der Waals surface area contributed by atoms with E-state index in [0.29, 0.717) is 9.21 Å². The minimum absolute atomic E-state index is 0.00458. The molecule has 0 saturated carbocycles. The molecular formula is C11H13ClN2O2S. The minimum atomic E-state index is -0.348. The summed E-state index contributed by atoms with van der Waals surface area (Å²) in [7, 11) is 0. The van der Waals surface area contributed by atoms with Crippen LogP contribution in [-0.2, 0) is 4.79 Å². The zero-order valence-corrected chi connectivity index (χ0v) is 10.8. The standard InChI is InChI=1S/C11H13ClN2O2S/c12-10-4-3-9(17-10)8(15)6-14-5-1-2-7(14)11(13)16/h3-4,7H,1-2,5-6H2,(H2,13,16). The minimum Gasteiger partial charge on any atom is -0.368 e. The van der Waals surface area contributed by atoms with Gasteiger partial charge in [0, 0.05) is 0 Å². The summed E-state index contributed by atoms with van der Waals surface area (Å²) in [4.78, 5) is 25.6. The average Bonchev–Trinajstić information content (AvgIpc) is 2.86. The van der Waals surface area contributed by atoms with E-state index in [1.54, 1.807) is 12.1 Å². The van der Waals surface area contributed by atoms with Crippen LogP contribution in [-0.4, -0.2) is 35.7 Å². The second-order valence-corrected chi connectivity index (χ2v) is 5.77. The molecule has 1 aromatic heterocycles. The molecule has 0 spiro atoms. The number of ketones is 1. The quantitative estimate of drug-likeness (QED) is 0.846. The van der Waals surface area contributed by atoms with Crippen molar-refractivity contribution < 1.29 is 9.59 Å². The first-order chi connectivity index (χ1) is 8.08. The molecule has 1 saturated heterocycles. The van der Waals surface area contributed by atoms with Gasteiger partial charge in [0.2, 0.25) is 5.91 Å².